The number of aliphatic hydroxyl groups is 1. The number of aliphatic hydroxyl groups excluding tert-OH is 1. The maximum atomic E-state index is 11.9. The smallest absolute Gasteiger partial charge is 0.223 e. The van der Waals surface area contributed by atoms with Gasteiger partial charge in [-0.15, -0.1) is 11.3 Å². The molecule has 1 aliphatic carbocycles. The van der Waals surface area contributed by atoms with Gasteiger partial charge in [-0.3, -0.25) is 4.79 Å². The van der Waals surface area contributed by atoms with Gasteiger partial charge in [0.1, 0.15) is 0 Å². The van der Waals surface area contributed by atoms with E-state index in [1.54, 1.807) is 11.3 Å². The molecule has 1 aliphatic rings. The number of hydrogen-bond acceptors (Lipinski definition) is 3. The van der Waals surface area contributed by atoms with Crippen molar-refractivity contribution in [1.29, 1.82) is 0 Å². The number of thiophene rings is 1. The van der Waals surface area contributed by atoms with Crippen LogP contribution in [0.15, 0.2) is 11.4 Å². The zero-order valence-electron chi connectivity index (χ0n) is 10.9. The van der Waals surface area contributed by atoms with Crippen molar-refractivity contribution in [1.82, 2.24) is 5.32 Å². The minimum atomic E-state index is 0.0882. The summed E-state index contributed by atoms with van der Waals surface area (Å²) in [6.07, 6.45) is 4.90. The van der Waals surface area contributed by atoms with Gasteiger partial charge in [-0.25, -0.2) is 0 Å². The third-order valence-corrected chi connectivity index (χ3v) is 4.28. The number of hydrogen-bond donors (Lipinski definition) is 2. The third kappa shape index (κ3) is 4.09. The lowest BCUT2D eigenvalue weighted by molar-refractivity contribution is -0.124. The summed E-state index contributed by atoms with van der Waals surface area (Å²) in [7, 11) is 0. The van der Waals surface area contributed by atoms with E-state index < -0.39 is 0 Å². The Bertz CT molecular complexity index is 478. The highest BCUT2D eigenvalue weighted by Gasteiger charge is 2.22. The maximum Gasteiger partial charge on any atom is 0.223 e. The summed E-state index contributed by atoms with van der Waals surface area (Å²) in [4.78, 5) is 13.0. The molecular formula is C15H19NO2S. The molecule has 0 saturated heterocycles. The van der Waals surface area contributed by atoms with Crippen molar-refractivity contribution < 1.29 is 9.90 Å². The molecule has 1 aromatic rings. The lowest BCUT2D eigenvalue weighted by Gasteiger charge is -2.09. The Morgan fingerprint density at radius 2 is 2.26 bits per heavy atom. The predicted octanol–water partition coefficient (Wildman–Crippen LogP) is 2.29. The van der Waals surface area contributed by atoms with Crippen LogP contribution in [0.4, 0.5) is 0 Å². The lowest BCUT2D eigenvalue weighted by Crippen LogP contribution is -2.28. The van der Waals surface area contributed by atoms with Crippen LogP contribution in [-0.2, 0) is 11.3 Å². The first kappa shape index (κ1) is 14.1. The summed E-state index contributed by atoms with van der Waals surface area (Å²) in [5.41, 5.74) is 0.963. The molecule has 1 saturated carbocycles. The van der Waals surface area contributed by atoms with E-state index in [2.05, 4.69) is 17.2 Å². The second kappa shape index (κ2) is 7.32. The Labute approximate surface area is 118 Å². The second-order valence-corrected chi connectivity index (χ2v) is 5.73. The van der Waals surface area contributed by atoms with Gasteiger partial charge < -0.3 is 10.4 Å². The molecule has 0 atom stereocenters. The van der Waals surface area contributed by atoms with Crippen molar-refractivity contribution in [3.05, 3.63) is 21.9 Å². The van der Waals surface area contributed by atoms with Crippen molar-refractivity contribution in [2.45, 2.75) is 38.6 Å². The van der Waals surface area contributed by atoms with Crippen LogP contribution in [0.25, 0.3) is 0 Å². The molecular weight excluding hydrogens is 258 g/mol. The highest BCUT2D eigenvalue weighted by atomic mass is 32.1. The van der Waals surface area contributed by atoms with Gasteiger partial charge in [-0.05, 0) is 24.3 Å². The average molecular weight is 277 g/mol. The van der Waals surface area contributed by atoms with Crippen molar-refractivity contribution in [3.8, 4) is 11.8 Å². The second-order valence-electron chi connectivity index (χ2n) is 4.73. The standard InChI is InChI=1S/C15H19NO2S/c17-9-4-3-5-12-8-10-19-14(12)11-16-15(18)13-6-1-2-7-13/h8,10,13,17H,1-2,4,6-7,9,11H2,(H,16,18). The summed E-state index contributed by atoms with van der Waals surface area (Å²) in [6.45, 7) is 0.654. The molecule has 0 bridgehead atoms. The van der Waals surface area contributed by atoms with Gasteiger partial charge in [0, 0.05) is 22.8 Å². The van der Waals surface area contributed by atoms with Gasteiger partial charge in [0.2, 0.25) is 5.91 Å². The van der Waals surface area contributed by atoms with Gasteiger partial charge in [0.15, 0.2) is 0 Å². The Kier molecular flexibility index (Phi) is 5.44. The number of carbonyl (C=O) groups is 1. The first-order valence-electron chi connectivity index (χ1n) is 6.75. The number of rotatable bonds is 4. The summed E-state index contributed by atoms with van der Waals surface area (Å²) in [6, 6.07) is 1.96. The van der Waals surface area contributed by atoms with Gasteiger partial charge in [0.25, 0.3) is 0 Å². The van der Waals surface area contributed by atoms with E-state index >= 15 is 0 Å². The Morgan fingerprint density at radius 3 is 3.00 bits per heavy atom. The summed E-state index contributed by atoms with van der Waals surface area (Å²) < 4.78 is 0. The highest BCUT2D eigenvalue weighted by Crippen LogP contribution is 2.25. The topological polar surface area (TPSA) is 49.3 Å². The van der Waals surface area contributed by atoms with Crippen LogP contribution in [0.5, 0.6) is 0 Å². The molecule has 4 heteroatoms. The fourth-order valence-electron chi connectivity index (χ4n) is 2.30. The van der Waals surface area contributed by atoms with Gasteiger partial charge in [-0.1, -0.05) is 24.7 Å². The summed E-state index contributed by atoms with van der Waals surface area (Å²) >= 11 is 1.61. The van der Waals surface area contributed by atoms with Crippen LogP contribution in [-0.4, -0.2) is 17.6 Å². The van der Waals surface area contributed by atoms with Crippen LogP contribution in [0.2, 0.25) is 0 Å². The first-order chi connectivity index (χ1) is 9.31. The molecule has 1 heterocycles. The van der Waals surface area contributed by atoms with Gasteiger partial charge >= 0.3 is 0 Å². The van der Waals surface area contributed by atoms with E-state index in [-0.39, 0.29) is 18.4 Å². The van der Waals surface area contributed by atoms with Crippen molar-refractivity contribution in [2.75, 3.05) is 6.61 Å². The average Bonchev–Trinajstić information content (AvgIpc) is 3.08. The lowest BCUT2D eigenvalue weighted by atomic mass is 10.1. The molecule has 1 fully saturated rings. The van der Waals surface area contributed by atoms with Crippen LogP contribution in [0, 0.1) is 17.8 Å². The molecule has 1 aromatic heterocycles. The Hall–Kier alpha value is -1.31. The molecule has 2 rings (SSSR count). The number of amides is 1. The quantitative estimate of drug-likeness (QED) is 0.830. The monoisotopic (exact) mass is 277 g/mol. The van der Waals surface area contributed by atoms with E-state index in [1.165, 1.54) is 12.8 Å². The molecule has 102 valence electrons. The number of carbonyl (C=O) groups excluding carboxylic acids is 1. The predicted molar refractivity (Wildman–Crippen MR) is 76.7 cm³/mol. The van der Waals surface area contributed by atoms with E-state index in [9.17, 15) is 4.79 Å². The SMILES string of the molecule is O=C(NCc1sccc1C#CCCO)C1CCCC1. The van der Waals surface area contributed by atoms with E-state index in [1.807, 2.05) is 11.4 Å². The van der Waals surface area contributed by atoms with Crippen LogP contribution in [0.3, 0.4) is 0 Å². The molecule has 0 unspecified atom stereocenters. The third-order valence-electron chi connectivity index (χ3n) is 3.35. The van der Waals surface area contributed by atoms with Crippen molar-refractivity contribution in [3.63, 3.8) is 0 Å². The molecule has 1 amide bonds. The van der Waals surface area contributed by atoms with Crippen molar-refractivity contribution in [2.24, 2.45) is 5.92 Å². The van der Waals surface area contributed by atoms with Crippen LogP contribution < -0.4 is 5.32 Å². The molecule has 2 N–H and O–H groups in total. The van der Waals surface area contributed by atoms with E-state index in [0.29, 0.717) is 13.0 Å². The molecule has 0 spiro atoms. The van der Waals surface area contributed by atoms with E-state index in [4.69, 9.17) is 5.11 Å². The first-order valence-corrected chi connectivity index (χ1v) is 7.63. The van der Waals surface area contributed by atoms with Gasteiger partial charge in [-0.2, -0.15) is 0 Å². The Balaban J connectivity index is 1.87. The fraction of sp³-hybridized carbons (Fsp3) is 0.533. The van der Waals surface area contributed by atoms with E-state index in [0.717, 1.165) is 23.3 Å². The highest BCUT2D eigenvalue weighted by molar-refractivity contribution is 7.10. The van der Waals surface area contributed by atoms with Crippen LogP contribution in [0.1, 0.15) is 42.5 Å². The zero-order chi connectivity index (χ0) is 13.5. The Morgan fingerprint density at radius 1 is 1.47 bits per heavy atom. The van der Waals surface area contributed by atoms with Crippen LogP contribution >= 0.6 is 11.3 Å². The zero-order valence-corrected chi connectivity index (χ0v) is 11.8. The minimum absolute atomic E-state index is 0.0882. The molecule has 0 radical (unpaired) electrons. The largest absolute Gasteiger partial charge is 0.395 e. The molecule has 0 aromatic carbocycles. The molecule has 0 aliphatic heterocycles. The fourth-order valence-corrected chi connectivity index (χ4v) is 3.07. The summed E-state index contributed by atoms with van der Waals surface area (Å²) in [5.74, 6) is 6.34. The normalized spacial score (nSPS) is 15.0. The minimum Gasteiger partial charge on any atom is -0.395 e. The number of nitrogens with one attached hydrogen (secondary N) is 1. The van der Waals surface area contributed by atoms with Crippen molar-refractivity contribution >= 4 is 17.2 Å². The maximum absolute atomic E-state index is 11.9. The molecule has 3 nitrogen and oxygen atoms in total. The summed E-state index contributed by atoms with van der Waals surface area (Å²) in [5, 5.41) is 13.7. The molecule has 19 heavy (non-hydrogen) atoms. The van der Waals surface area contributed by atoms with Gasteiger partial charge in [0.05, 0.1) is 13.2 Å².